The second-order valence-electron chi connectivity index (χ2n) is 7.35. The van der Waals surface area contributed by atoms with Crippen LogP contribution in [0.1, 0.15) is 40.5 Å². The van der Waals surface area contributed by atoms with Crippen molar-refractivity contribution >= 4 is 14.3 Å². The maximum atomic E-state index is 12.4. The van der Waals surface area contributed by atoms with Crippen molar-refractivity contribution in [1.29, 1.82) is 0 Å². The van der Waals surface area contributed by atoms with Crippen LogP contribution in [0.15, 0.2) is 0 Å². The quantitative estimate of drug-likeness (QED) is 0.590. The molecular formula is C15H30O4Si. The number of carbonyl (C=O) groups excluding carboxylic acids is 1. The number of ether oxygens (including phenoxy) is 2. The molecule has 0 aromatic rings. The number of hydrogen-bond donors (Lipinski definition) is 0. The van der Waals surface area contributed by atoms with E-state index in [2.05, 4.69) is 33.9 Å². The predicted octanol–water partition coefficient (Wildman–Crippen LogP) is 3.37. The van der Waals surface area contributed by atoms with Crippen molar-refractivity contribution in [2.24, 2.45) is 5.92 Å². The van der Waals surface area contributed by atoms with E-state index in [1.807, 2.05) is 6.92 Å². The van der Waals surface area contributed by atoms with Gasteiger partial charge in [-0.15, -0.1) is 0 Å². The Morgan fingerprint density at radius 1 is 1.15 bits per heavy atom. The summed E-state index contributed by atoms with van der Waals surface area (Å²) in [6.07, 6.45) is 1.69. The molecule has 1 aliphatic rings. The molecule has 5 heteroatoms. The number of carbonyl (C=O) groups is 1. The van der Waals surface area contributed by atoms with Gasteiger partial charge in [0.05, 0.1) is 7.11 Å². The number of hydrogen-bond acceptors (Lipinski definition) is 4. The van der Waals surface area contributed by atoms with Crippen molar-refractivity contribution < 1.29 is 18.7 Å². The summed E-state index contributed by atoms with van der Waals surface area (Å²) in [5.74, 6) is -0.0907. The van der Waals surface area contributed by atoms with Gasteiger partial charge in [0.15, 0.2) is 13.9 Å². The third-order valence-corrected chi connectivity index (χ3v) is 9.41. The van der Waals surface area contributed by atoms with Gasteiger partial charge in [0, 0.05) is 19.1 Å². The van der Waals surface area contributed by atoms with Crippen LogP contribution < -0.4 is 0 Å². The highest BCUT2D eigenvalue weighted by Crippen LogP contribution is 2.42. The summed E-state index contributed by atoms with van der Waals surface area (Å²) in [5, 5.41) is 0.0629. The van der Waals surface area contributed by atoms with E-state index in [0.717, 1.165) is 12.8 Å². The molecule has 20 heavy (non-hydrogen) atoms. The Balaban J connectivity index is 3.03. The molecule has 1 rings (SSSR count). The van der Waals surface area contributed by atoms with Gasteiger partial charge in [-0.3, -0.25) is 0 Å². The fourth-order valence-electron chi connectivity index (χ4n) is 2.43. The normalized spacial score (nSPS) is 21.4. The fourth-order valence-corrected chi connectivity index (χ4v) is 4.04. The average Bonchev–Trinajstić information content (AvgIpc) is 2.36. The van der Waals surface area contributed by atoms with E-state index in [9.17, 15) is 4.79 Å². The van der Waals surface area contributed by atoms with Crippen molar-refractivity contribution in [3.63, 3.8) is 0 Å². The summed E-state index contributed by atoms with van der Waals surface area (Å²) in [6.45, 7) is 14.2. The van der Waals surface area contributed by atoms with Gasteiger partial charge in [-0.05, 0) is 37.9 Å². The smallest absolute Gasteiger partial charge is 0.336 e. The average molecular weight is 302 g/mol. The zero-order valence-electron chi connectivity index (χ0n) is 14.0. The molecule has 1 saturated heterocycles. The van der Waals surface area contributed by atoms with Crippen LogP contribution in [0.3, 0.4) is 0 Å². The van der Waals surface area contributed by atoms with Crippen LogP contribution in [-0.2, 0) is 18.7 Å². The predicted molar refractivity (Wildman–Crippen MR) is 82.2 cm³/mol. The van der Waals surface area contributed by atoms with Gasteiger partial charge in [0.1, 0.15) is 0 Å². The highest BCUT2D eigenvalue weighted by Gasteiger charge is 2.51. The summed E-state index contributed by atoms with van der Waals surface area (Å²) in [4.78, 5) is 12.4. The number of methoxy groups -OCH3 is 1. The maximum Gasteiger partial charge on any atom is 0.336 e. The first-order chi connectivity index (χ1) is 9.04. The maximum absolute atomic E-state index is 12.4. The van der Waals surface area contributed by atoms with Crippen LogP contribution in [0.5, 0.6) is 0 Å². The first-order valence-corrected chi connectivity index (χ1v) is 10.3. The molecule has 1 aliphatic heterocycles. The Morgan fingerprint density at radius 2 is 1.65 bits per heavy atom. The summed E-state index contributed by atoms with van der Waals surface area (Å²) >= 11 is 0. The van der Waals surface area contributed by atoms with Gasteiger partial charge in [-0.1, -0.05) is 20.8 Å². The molecule has 0 saturated carbocycles. The molecule has 1 heterocycles. The van der Waals surface area contributed by atoms with E-state index in [0.29, 0.717) is 13.2 Å². The Kier molecular flexibility index (Phi) is 5.44. The van der Waals surface area contributed by atoms with Crippen molar-refractivity contribution in [2.75, 3.05) is 20.3 Å². The van der Waals surface area contributed by atoms with E-state index in [-0.39, 0.29) is 16.9 Å². The van der Waals surface area contributed by atoms with E-state index in [1.165, 1.54) is 7.11 Å². The first-order valence-electron chi connectivity index (χ1n) is 7.41. The largest absolute Gasteiger partial charge is 0.467 e. The van der Waals surface area contributed by atoms with E-state index < -0.39 is 13.9 Å². The lowest BCUT2D eigenvalue weighted by Crippen LogP contribution is -2.56. The molecule has 1 fully saturated rings. The molecule has 0 radical (unpaired) electrons. The second-order valence-corrected chi connectivity index (χ2v) is 12.1. The zero-order chi connectivity index (χ0) is 15.6. The monoisotopic (exact) mass is 302 g/mol. The van der Waals surface area contributed by atoms with Crippen LogP contribution in [0.4, 0.5) is 0 Å². The lowest BCUT2D eigenvalue weighted by atomic mass is 9.83. The van der Waals surface area contributed by atoms with Gasteiger partial charge in [0.2, 0.25) is 0 Å². The molecule has 0 aliphatic carbocycles. The van der Waals surface area contributed by atoms with Gasteiger partial charge < -0.3 is 13.9 Å². The van der Waals surface area contributed by atoms with Crippen molar-refractivity contribution in [3.05, 3.63) is 0 Å². The van der Waals surface area contributed by atoms with Gasteiger partial charge in [-0.2, -0.15) is 0 Å². The molecule has 0 amide bonds. The molecule has 0 aromatic carbocycles. The highest BCUT2D eigenvalue weighted by atomic mass is 28.4. The number of esters is 1. The van der Waals surface area contributed by atoms with Crippen LogP contribution in [0.2, 0.25) is 18.1 Å². The summed E-state index contributed by atoms with van der Waals surface area (Å²) in [6, 6.07) is 0. The van der Waals surface area contributed by atoms with Crippen LogP contribution in [0, 0.1) is 5.92 Å². The Bertz CT molecular complexity index is 342. The topological polar surface area (TPSA) is 44.8 Å². The minimum atomic E-state index is -2.04. The van der Waals surface area contributed by atoms with Crippen molar-refractivity contribution in [1.82, 2.24) is 0 Å². The molecule has 118 valence electrons. The standard InChI is InChI=1S/C15H30O4Si/c1-14(2,3)20(6,7)19-15(4,13(16)17-5)12-8-10-18-11-9-12/h12H,8-11H2,1-7H3. The van der Waals surface area contributed by atoms with E-state index >= 15 is 0 Å². The molecule has 0 spiro atoms. The summed E-state index contributed by atoms with van der Waals surface area (Å²) in [5.41, 5.74) is -0.860. The van der Waals surface area contributed by atoms with E-state index in [4.69, 9.17) is 13.9 Å². The molecule has 1 atom stereocenters. The van der Waals surface area contributed by atoms with Gasteiger partial charge >= 0.3 is 5.97 Å². The first kappa shape index (κ1) is 17.7. The lowest BCUT2D eigenvalue weighted by Gasteiger charge is -2.46. The van der Waals surface area contributed by atoms with Crippen molar-refractivity contribution in [3.8, 4) is 0 Å². The summed E-state index contributed by atoms with van der Waals surface area (Å²) in [7, 11) is -0.606. The molecule has 1 unspecified atom stereocenters. The minimum Gasteiger partial charge on any atom is -0.467 e. The van der Waals surface area contributed by atoms with Gasteiger partial charge in [-0.25, -0.2) is 4.79 Å². The third-order valence-electron chi connectivity index (χ3n) is 4.86. The Labute approximate surface area is 124 Å². The number of rotatable bonds is 4. The minimum absolute atomic E-state index is 0.0629. The third kappa shape index (κ3) is 3.62. The van der Waals surface area contributed by atoms with E-state index in [1.54, 1.807) is 0 Å². The highest BCUT2D eigenvalue weighted by molar-refractivity contribution is 6.74. The zero-order valence-corrected chi connectivity index (χ0v) is 15.0. The SMILES string of the molecule is COC(=O)C(C)(O[Si](C)(C)C(C)(C)C)C1CCOCC1. The Hall–Kier alpha value is -0.393. The molecule has 0 aromatic heterocycles. The molecular weight excluding hydrogens is 272 g/mol. The summed E-state index contributed by atoms with van der Waals surface area (Å²) < 4.78 is 16.9. The van der Waals surface area contributed by atoms with Crippen molar-refractivity contribution in [2.45, 2.75) is 64.3 Å². The molecule has 0 bridgehead atoms. The van der Waals surface area contributed by atoms with Crippen LogP contribution >= 0.6 is 0 Å². The van der Waals surface area contributed by atoms with Crippen LogP contribution in [0.25, 0.3) is 0 Å². The molecule has 0 N–H and O–H groups in total. The molecule has 4 nitrogen and oxygen atoms in total. The second kappa shape index (κ2) is 6.16. The van der Waals surface area contributed by atoms with Crippen LogP contribution in [-0.4, -0.2) is 40.2 Å². The Morgan fingerprint density at radius 3 is 2.05 bits per heavy atom. The van der Waals surface area contributed by atoms with Gasteiger partial charge in [0.25, 0.3) is 0 Å². The lowest BCUT2D eigenvalue weighted by molar-refractivity contribution is -0.167. The fraction of sp³-hybridized carbons (Fsp3) is 0.933.